The Morgan fingerprint density at radius 2 is 2.15 bits per heavy atom. The lowest BCUT2D eigenvalue weighted by atomic mass is 9.99. The highest BCUT2D eigenvalue weighted by molar-refractivity contribution is 4.83. The quantitative estimate of drug-likeness (QED) is 0.717. The van der Waals surface area contributed by atoms with Gasteiger partial charge in [-0.15, -0.1) is 0 Å². The minimum atomic E-state index is 0.351. The van der Waals surface area contributed by atoms with E-state index in [9.17, 15) is 0 Å². The molecule has 0 aromatic carbocycles. The minimum Gasteiger partial charge on any atom is -0.313 e. The summed E-state index contributed by atoms with van der Waals surface area (Å²) < 4.78 is 0. The van der Waals surface area contributed by atoms with E-state index >= 15 is 0 Å². The van der Waals surface area contributed by atoms with Gasteiger partial charge in [0.05, 0.1) is 0 Å². The summed E-state index contributed by atoms with van der Waals surface area (Å²) in [5.74, 6) is 0. The third-order valence-corrected chi connectivity index (χ3v) is 3.56. The maximum Gasteiger partial charge on any atom is 0.0195 e. The molecule has 0 aliphatic carbocycles. The Morgan fingerprint density at radius 3 is 2.62 bits per heavy atom. The number of hydrogen-bond donors (Lipinski definition) is 1. The van der Waals surface area contributed by atoms with Gasteiger partial charge in [-0.05, 0) is 46.7 Å². The third-order valence-electron chi connectivity index (χ3n) is 3.56. The van der Waals surface area contributed by atoms with Crippen molar-refractivity contribution in [2.75, 3.05) is 20.1 Å². The molecular formula is C11H24N2. The maximum atomic E-state index is 3.54. The van der Waals surface area contributed by atoms with E-state index in [0.717, 1.165) is 6.04 Å². The van der Waals surface area contributed by atoms with Gasteiger partial charge in [0.1, 0.15) is 0 Å². The van der Waals surface area contributed by atoms with E-state index in [2.05, 4.69) is 38.0 Å². The van der Waals surface area contributed by atoms with Gasteiger partial charge in [-0.1, -0.05) is 6.92 Å². The van der Waals surface area contributed by atoms with Gasteiger partial charge in [-0.3, -0.25) is 4.90 Å². The van der Waals surface area contributed by atoms with Crippen LogP contribution in [0, 0.1) is 0 Å². The summed E-state index contributed by atoms with van der Waals surface area (Å²) in [6.45, 7) is 9.31. The monoisotopic (exact) mass is 184 g/mol. The van der Waals surface area contributed by atoms with Crippen LogP contribution in [0.3, 0.4) is 0 Å². The van der Waals surface area contributed by atoms with Crippen LogP contribution in [0.2, 0.25) is 0 Å². The molecule has 0 radical (unpaired) electrons. The fourth-order valence-corrected chi connectivity index (χ4v) is 1.76. The Hall–Kier alpha value is -0.0800. The lowest BCUT2D eigenvalue weighted by Crippen LogP contribution is -2.46. The van der Waals surface area contributed by atoms with E-state index < -0.39 is 0 Å². The fourth-order valence-electron chi connectivity index (χ4n) is 1.76. The lowest BCUT2D eigenvalue weighted by Gasteiger charge is -2.36. The Balaban J connectivity index is 2.34. The topological polar surface area (TPSA) is 15.3 Å². The molecule has 13 heavy (non-hydrogen) atoms. The van der Waals surface area contributed by atoms with Crippen LogP contribution in [0.25, 0.3) is 0 Å². The summed E-state index contributed by atoms with van der Waals surface area (Å²) in [6, 6.07) is 0.732. The molecule has 78 valence electrons. The number of nitrogens with one attached hydrogen (secondary N) is 1. The van der Waals surface area contributed by atoms with Crippen LogP contribution < -0.4 is 5.32 Å². The molecule has 0 amide bonds. The van der Waals surface area contributed by atoms with Crippen LogP contribution >= 0.6 is 0 Å². The van der Waals surface area contributed by atoms with E-state index in [1.165, 1.54) is 32.4 Å². The highest BCUT2D eigenvalue weighted by Crippen LogP contribution is 2.18. The first-order valence-electron chi connectivity index (χ1n) is 5.51. The van der Waals surface area contributed by atoms with E-state index in [1.807, 2.05) is 0 Å². The zero-order valence-electron chi connectivity index (χ0n) is 9.56. The average molecular weight is 184 g/mol. The molecule has 1 saturated heterocycles. The van der Waals surface area contributed by atoms with Crippen molar-refractivity contribution < 1.29 is 0 Å². The maximum absolute atomic E-state index is 3.54. The van der Waals surface area contributed by atoms with Gasteiger partial charge in [-0.2, -0.15) is 0 Å². The smallest absolute Gasteiger partial charge is 0.0195 e. The summed E-state index contributed by atoms with van der Waals surface area (Å²) in [7, 11) is 2.24. The van der Waals surface area contributed by atoms with Gasteiger partial charge in [0, 0.05) is 18.1 Å². The lowest BCUT2D eigenvalue weighted by molar-refractivity contribution is 0.139. The molecular weight excluding hydrogens is 160 g/mol. The molecule has 0 spiro atoms. The van der Waals surface area contributed by atoms with Crippen molar-refractivity contribution in [1.82, 2.24) is 10.2 Å². The van der Waals surface area contributed by atoms with Crippen LogP contribution in [-0.2, 0) is 0 Å². The molecule has 1 heterocycles. The Morgan fingerprint density at radius 1 is 1.46 bits per heavy atom. The summed E-state index contributed by atoms with van der Waals surface area (Å²) in [5, 5.41) is 3.54. The number of likely N-dealkylation sites (N-methyl/N-ethyl adjacent to an activating group) is 1. The molecule has 1 N–H and O–H groups in total. The zero-order valence-corrected chi connectivity index (χ0v) is 9.56. The van der Waals surface area contributed by atoms with E-state index in [-0.39, 0.29) is 0 Å². The normalized spacial score (nSPS) is 24.2. The first-order chi connectivity index (χ1) is 6.06. The molecule has 0 bridgehead atoms. The van der Waals surface area contributed by atoms with Crippen molar-refractivity contribution in [3.05, 3.63) is 0 Å². The molecule has 0 aromatic heterocycles. The van der Waals surface area contributed by atoms with E-state index in [0.29, 0.717) is 5.54 Å². The van der Waals surface area contributed by atoms with Gasteiger partial charge < -0.3 is 5.32 Å². The first kappa shape index (κ1) is 11.0. The van der Waals surface area contributed by atoms with Crippen LogP contribution in [0.5, 0.6) is 0 Å². The van der Waals surface area contributed by atoms with Gasteiger partial charge >= 0.3 is 0 Å². The average Bonchev–Trinajstić information content (AvgIpc) is 2.57. The molecule has 0 saturated carbocycles. The molecule has 0 aromatic rings. The van der Waals surface area contributed by atoms with Crippen molar-refractivity contribution in [3.63, 3.8) is 0 Å². The van der Waals surface area contributed by atoms with Gasteiger partial charge in [0.25, 0.3) is 0 Å². The summed E-state index contributed by atoms with van der Waals surface area (Å²) in [4.78, 5) is 2.48. The van der Waals surface area contributed by atoms with E-state index in [1.54, 1.807) is 0 Å². The highest BCUT2D eigenvalue weighted by atomic mass is 15.2. The number of rotatable bonds is 4. The van der Waals surface area contributed by atoms with Crippen molar-refractivity contribution in [1.29, 1.82) is 0 Å². The van der Waals surface area contributed by atoms with Gasteiger partial charge in [0.2, 0.25) is 0 Å². The van der Waals surface area contributed by atoms with Crippen molar-refractivity contribution in [3.8, 4) is 0 Å². The second-order valence-corrected chi connectivity index (χ2v) is 4.84. The molecule has 1 aliphatic rings. The van der Waals surface area contributed by atoms with Crippen molar-refractivity contribution in [2.24, 2.45) is 0 Å². The molecule has 2 nitrogen and oxygen atoms in total. The molecule has 2 heteroatoms. The predicted molar refractivity (Wildman–Crippen MR) is 58.0 cm³/mol. The van der Waals surface area contributed by atoms with E-state index in [4.69, 9.17) is 0 Å². The Labute approximate surface area is 82.7 Å². The molecule has 1 atom stereocenters. The van der Waals surface area contributed by atoms with Gasteiger partial charge in [0.15, 0.2) is 0 Å². The van der Waals surface area contributed by atoms with Crippen LogP contribution in [0.4, 0.5) is 0 Å². The van der Waals surface area contributed by atoms with Crippen LogP contribution in [0.1, 0.15) is 40.0 Å². The third kappa shape index (κ3) is 2.96. The number of hydrogen-bond acceptors (Lipinski definition) is 2. The number of nitrogens with zero attached hydrogens (tertiary/aromatic N) is 1. The standard InChI is InChI=1S/C11H24N2/c1-5-11(2,3)13(4)9-10-7-6-8-12-10/h10,12H,5-9H2,1-4H3. The summed E-state index contributed by atoms with van der Waals surface area (Å²) >= 11 is 0. The molecule has 1 fully saturated rings. The second kappa shape index (κ2) is 4.43. The highest BCUT2D eigenvalue weighted by Gasteiger charge is 2.24. The van der Waals surface area contributed by atoms with Crippen LogP contribution in [-0.4, -0.2) is 36.6 Å². The minimum absolute atomic E-state index is 0.351. The first-order valence-corrected chi connectivity index (χ1v) is 5.51. The predicted octanol–water partition coefficient (Wildman–Crippen LogP) is 1.86. The largest absolute Gasteiger partial charge is 0.313 e. The molecule has 1 aliphatic heterocycles. The molecule has 1 unspecified atom stereocenters. The van der Waals surface area contributed by atoms with Gasteiger partial charge in [-0.25, -0.2) is 0 Å². The summed E-state index contributed by atoms with van der Waals surface area (Å²) in [6.07, 6.45) is 3.92. The second-order valence-electron chi connectivity index (χ2n) is 4.84. The Bertz CT molecular complexity index is 148. The summed E-state index contributed by atoms with van der Waals surface area (Å²) in [5.41, 5.74) is 0.351. The SMILES string of the molecule is CCC(C)(C)N(C)CC1CCCN1. The van der Waals surface area contributed by atoms with Crippen molar-refractivity contribution >= 4 is 0 Å². The van der Waals surface area contributed by atoms with Crippen molar-refractivity contribution in [2.45, 2.75) is 51.6 Å². The Kier molecular flexibility index (Phi) is 3.74. The zero-order chi connectivity index (χ0) is 9.90. The van der Waals surface area contributed by atoms with Crippen LogP contribution in [0.15, 0.2) is 0 Å². The fraction of sp³-hybridized carbons (Fsp3) is 1.00. The molecule has 1 rings (SSSR count).